The molecule has 2 heterocycles. The average Bonchev–Trinajstić information content (AvgIpc) is 3.12. The van der Waals surface area contributed by atoms with Gasteiger partial charge in [-0.25, -0.2) is 4.98 Å². The summed E-state index contributed by atoms with van der Waals surface area (Å²) < 4.78 is 1.13. The normalized spacial score (nSPS) is 34.4. The molecule has 28 heavy (non-hydrogen) atoms. The molecule has 5 aliphatic rings. The molecule has 4 nitrogen and oxygen atoms in total. The first kappa shape index (κ1) is 17.5. The Morgan fingerprint density at radius 1 is 1.04 bits per heavy atom. The van der Waals surface area contributed by atoms with E-state index in [1.165, 1.54) is 19.3 Å². The number of carbonyl (C=O) groups excluding carboxylic acids is 1. The molecule has 4 aliphatic carbocycles. The lowest BCUT2D eigenvalue weighted by molar-refractivity contribution is -0.158. The maximum Gasteiger partial charge on any atom is 0.228 e. The first-order chi connectivity index (χ1) is 13.6. The maximum atomic E-state index is 13.6. The Morgan fingerprint density at radius 2 is 1.68 bits per heavy atom. The molecule has 0 spiro atoms. The number of hydrogen-bond donors (Lipinski definition) is 0. The fraction of sp³-hybridized carbons (Fsp3) is 0.636. The monoisotopic (exact) mass is 415 g/mol. The van der Waals surface area contributed by atoms with Crippen molar-refractivity contribution in [2.75, 3.05) is 31.1 Å². The van der Waals surface area contributed by atoms with E-state index < -0.39 is 0 Å². The van der Waals surface area contributed by atoms with E-state index in [1.807, 2.05) is 12.1 Å². The van der Waals surface area contributed by atoms with Gasteiger partial charge in [-0.05, 0) is 68.4 Å². The number of nitrogens with zero attached hydrogens (tertiary/aromatic N) is 3. The second kappa shape index (κ2) is 6.33. The largest absolute Gasteiger partial charge is 0.345 e. The lowest BCUT2D eigenvalue weighted by Gasteiger charge is -2.57. The van der Waals surface area contributed by atoms with E-state index in [9.17, 15) is 4.79 Å². The van der Waals surface area contributed by atoms with Gasteiger partial charge in [-0.3, -0.25) is 4.79 Å². The predicted octanol–water partition coefficient (Wildman–Crippen LogP) is 4.81. The Kier molecular flexibility index (Phi) is 3.96. The van der Waals surface area contributed by atoms with Crippen LogP contribution in [-0.4, -0.2) is 42.0 Å². The Balaban J connectivity index is 1.17. The van der Waals surface area contributed by atoms with Gasteiger partial charge >= 0.3 is 0 Å². The maximum absolute atomic E-state index is 13.6. The number of fused-ring (bicyclic) bond motifs is 1. The van der Waals surface area contributed by atoms with Gasteiger partial charge < -0.3 is 9.80 Å². The number of aromatic nitrogens is 1. The molecule has 4 saturated carbocycles. The fourth-order valence-electron chi connectivity index (χ4n) is 6.85. The second-order valence-electron chi connectivity index (χ2n) is 9.56. The van der Waals surface area contributed by atoms with Crippen molar-refractivity contribution in [2.45, 2.75) is 38.5 Å². The van der Waals surface area contributed by atoms with Crippen LogP contribution in [0.15, 0.2) is 18.2 Å². The molecule has 1 amide bonds. The summed E-state index contributed by atoms with van der Waals surface area (Å²) in [5, 5.41) is 1.75. The molecular weight excluding hydrogens is 390 g/mol. The molecule has 1 aromatic heterocycles. The van der Waals surface area contributed by atoms with Gasteiger partial charge in [-0.2, -0.15) is 0 Å². The summed E-state index contributed by atoms with van der Waals surface area (Å²) in [6.07, 6.45) is 7.65. The highest BCUT2D eigenvalue weighted by atomic mass is 35.5. The number of thiazole rings is 1. The third-order valence-electron chi connectivity index (χ3n) is 7.69. The quantitative estimate of drug-likeness (QED) is 0.705. The highest BCUT2D eigenvalue weighted by molar-refractivity contribution is 7.22. The topological polar surface area (TPSA) is 36.4 Å². The van der Waals surface area contributed by atoms with Gasteiger partial charge in [0.1, 0.15) is 5.52 Å². The van der Waals surface area contributed by atoms with Crippen LogP contribution < -0.4 is 4.90 Å². The van der Waals surface area contributed by atoms with Crippen molar-refractivity contribution in [2.24, 2.45) is 23.2 Å². The fourth-order valence-corrected chi connectivity index (χ4v) is 8.16. The number of benzene rings is 1. The summed E-state index contributed by atoms with van der Waals surface area (Å²) in [7, 11) is 0. The number of carbonyl (C=O) groups is 1. The van der Waals surface area contributed by atoms with Gasteiger partial charge in [0.15, 0.2) is 5.13 Å². The summed E-state index contributed by atoms with van der Waals surface area (Å²) in [6, 6.07) is 5.96. The van der Waals surface area contributed by atoms with Crippen molar-refractivity contribution in [3.8, 4) is 0 Å². The molecule has 6 heteroatoms. The van der Waals surface area contributed by atoms with Crippen molar-refractivity contribution in [3.05, 3.63) is 23.2 Å². The minimum absolute atomic E-state index is 0.0136. The number of amides is 1. The minimum atomic E-state index is -0.0136. The molecule has 0 atom stereocenters. The summed E-state index contributed by atoms with van der Waals surface area (Å²) >= 11 is 8.00. The van der Waals surface area contributed by atoms with Crippen LogP contribution in [0.1, 0.15) is 38.5 Å². The Morgan fingerprint density at radius 3 is 2.29 bits per heavy atom. The van der Waals surface area contributed by atoms with Crippen molar-refractivity contribution in [3.63, 3.8) is 0 Å². The third kappa shape index (κ3) is 2.69. The number of hydrogen-bond acceptors (Lipinski definition) is 4. The first-order valence-electron chi connectivity index (χ1n) is 10.7. The SMILES string of the molecule is O=C(N1CCN(c2nc3c(Cl)cccc3s2)CC1)C12CC3CC(CC(C3)C1)C2. The highest BCUT2D eigenvalue weighted by Gasteiger charge is 2.55. The zero-order valence-corrected chi connectivity index (χ0v) is 17.6. The van der Waals surface area contributed by atoms with E-state index in [-0.39, 0.29) is 5.41 Å². The minimum Gasteiger partial charge on any atom is -0.345 e. The lowest BCUT2D eigenvalue weighted by Crippen LogP contribution is -2.58. The van der Waals surface area contributed by atoms with Crippen LogP contribution in [-0.2, 0) is 4.79 Å². The van der Waals surface area contributed by atoms with Crippen molar-refractivity contribution >= 4 is 44.2 Å². The van der Waals surface area contributed by atoms with Gasteiger partial charge in [0.05, 0.1) is 15.1 Å². The molecule has 0 radical (unpaired) electrons. The number of halogens is 1. The Bertz CT molecular complexity index is 898. The van der Waals surface area contributed by atoms with Crippen LogP contribution >= 0.6 is 22.9 Å². The Hall–Kier alpha value is -1.33. The second-order valence-corrected chi connectivity index (χ2v) is 11.0. The van der Waals surface area contributed by atoms with Crippen LogP contribution in [0.3, 0.4) is 0 Å². The predicted molar refractivity (Wildman–Crippen MR) is 114 cm³/mol. The van der Waals surface area contributed by atoms with E-state index in [1.54, 1.807) is 11.3 Å². The van der Waals surface area contributed by atoms with Crippen LogP contribution in [0.25, 0.3) is 10.2 Å². The van der Waals surface area contributed by atoms with Crippen LogP contribution in [0, 0.1) is 23.2 Å². The lowest BCUT2D eigenvalue weighted by atomic mass is 9.49. The third-order valence-corrected chi connectivity index (χ3v) is 9.07. The number of para-hydroxylation sites is 1. The summed E-state index contributed by atoms with van der Waals surface area (Å²) in [6.45, 7) is 3.39. The zero-order valence-electron chi connectivity index (χ0n) is 16.1. The van der Waals surface area contributed by atoms with Gasteiger partial charge in [0, 0.05) is 26.2 Å². The van der Waals surface area contributed by atoms with E-state index >= 15 is 0 Å². The molecule has 2 aromatic rings. The van der Waals surface area contributed by atoms with Crippen molar-refractivity contribution in [1.29, 1.82) is 0 Å². The van der Waals surface area contributed by atoms with Gasteiger partial charge in [-0.1, -0.05) is 29.0 Å². The molecule has 0 N–H and O–H groups in total. The molecule has 148 valence electrons. The first-order valence-corrected chi connectivity index (χ1v) is 11.9. The molecule has 1 aromatic carbocycles. The standard InChI is InChI=1S/C22H26ClN3OS/c23-17-2-1-3-18-19(17)24-21(28-18)26-6-4-25(5-7-26)20(27)22-11-14-8-15(12-22)10-16(9-14)13-22/h1-3,14-16H,4-13H2. The number of anilines is 1. The van der Waals surface area contributed by atoms with Gasteiger partial charge in [0.2, 0.25) is 5.91 Å². The molecule has 0 unspecified atom stereocenters. The van der Waals surface area contributed by atoms with E-state index in [4.69, 9.17) is 16.6 Å². The molecule has 7 rings (SSSR count). The van der Waals surface area contributed by atoms with Crippen molar-refractivity contribution in [1.82, 2.24) is 9.88 Å². The van der Waals surface area contributed by atoms with Gasteiger partial charge in [0.25, 0.3) is 0 Å². The Labute approximate surface area is 174 Å². The molecule has 1 saturated heterocycles. The van der Waals surface area contributed by atoms with Crippen LogP contribution in [0.2, 0.25) is 5.02 Å². The van der Waals surface area contributed by atoms with Crippen molar-refractivity contribution < 1.29 is 4.79 Å². The number of piperazine rings is 1. The molecular formula is C22H26ClN3OS. The van der Waals surface area contributed by atoms with E-state index in [0.29, 0.717) is 5.91 Å². The molecule has 1 aliphatic heterocycles. The zero-order chi connectivity index (χ0) is 18.9. The molecule has 5 fully saturated rings. The molecule has 4 bridgehead atoms. The average molecular weight is 416 g/mol. The smallest absolute Gasteiger partial charge is 0.228 e. The van der Waals surface area contributed by atoms with Crippen LogP contribution in [0.5, 0.6) is 0 Å². The number of rotatable bonds is 2. The van der Waals surface area contributed by atoms with E-state index in [0.717, 1.165) is 83.6 Å². The summed E-state index contributed by atoms with van der Waals surface area (Å²) in [5.41, 5.74) is 0.886. The highest BCUT2D eigenvalue weighted by Crippen LogP contribution is 2.60. The summed E-state index contributed by atoms with van der Waals surface area (Å²) in [4.78, 5) is 22.8. The van der Waals surface area contributed by atoms with E-state index in [2.05, 4.69) is 15.9 Å². The van der Waals surface area contributed by atoms with Gasteiger partial charge in [-0.15, -0.1) is 0 Å². The summed E-state index contributed by atoms with van der Waals surface area (Å²) in [5.74, 6) is 2.94. The van der Waals surface area contributed by atoms with Crippen LogP contribution in [0.4, 0.5) is 5.13 Å².